The summed E-state index contributed by atoms with van der Waals surface area (Å²) in [7, 11) is 1.81. The number of hydrogen-bond acceptors (Lipinski definition) is 5. The van der Waals surface area contributed by atoms with Crippen LogP contribution in [0.3, 0.4) is 0 Å². The second kappa shape index (κ2) is 5.97. The number of aromatic nitrogens is 2. The van der Waals surface area contributed by atoms with Crippen LogP contribution in [-0.2, 0) is 0 Å². The Kier molecular flexibility index (Phi) is 4.31. The van der Waals surface area contributed by atoms with Crippen molar-refractivity contribution >= 4 is 33.3 Å². The van der Waals surface area contributed by atoms with E-state index in [0.717, 1.165) is 25.8 Å². The van der Waals surface area contributed by atoms with E-state index in [9.17, 15) is 4.79 Å². The van der Waals surface area contributed by atoms with Crippen LogP contribution in [0.4, 0.5) is 5.69 Å². The molecule has 0 spiro atoms. The molecule has 0 radical (unpaired) electrons. The van der Waals surface area contributed by atoms with Crippen molar-refractivity contribution in [2.24, 2.45) is 0 Å². The Balaban J connectivity index is 2.19. The van der Waals surface area contributed by atoms with E-state index in [4.69, 9.17) is 5.73 Å². The Hall–Kier alpha value is -1.69. The van der Waals surface area contributed by atoms with E-state index in [1.807, 2.05) is 7.05 Å². The third-order valence-electron chi connectivity index (χ3n) is 3.00. The molecular weight excluding hydrogens is 260 g/mol. The summed E-state index contributed by atoms with van der Waals surface area (Å²) in [5.41, 5.74) is 7.06. The minimum atomic E-state index is -0.0431. The SMILES string of the molecule is CCCCCN(C)C(=O)c1sc2nccnc2c1N. The second-order valence-corrected chi connectivity index (χ2v) is 5.49. The summed E-state index contributed by atoms with van der Waals surface area (Å²) >= 11 is 1.31. The standard InChI is InChI=1S/C13H18N4OS/c1-3-4-5-8-17(2)13(18)11-9(14)10-12(19-11)16-7-6-15-10/h6-7H,3-5,8,14H2,1-2H3. The van der Waals surface area contributed by atoms with Gasteiger partial charge in [-0.3, -0.25) is 4.79 Å². The molecule has 102 valence electrons. The zero-order chi connectivity index (χ0) is 13.8. The summed E-state index contributed by atoms with van der Waals surface area (Å²) in [5.74, 6) is -0.0431. The first-order chi connectivity index (χ1) is 9.15. The van der Waals surface area contributed by atoms with E-state index >= 15 is 0 Å². The zero-order valence-corrected chi connectivity index (χ0v) is 12.0. The molecule has 2 rings (SSSR count). The Labute approximate surface area is 116 Å². The molecule has 0 saturated carbocycles. The lowest BCUT2D eigenvalue weighted by Crippen LogP contribution is -2.27. The quantitative estimate of drug-likeness (QED) is 0.853. The summed E-state index contributed by atoms with van der Waals surface area (Å²) in [6, 6.07) is 0. The van der Waals surface area contributed by atoms with Crippen molar-refractivity contribution in [2.45, 2.75) is 26.2 Å². The third kappa shape index (κ3) is 2.84. The summed E-state index contributed by atoms with van der Waals surface area (Å²) in [6.07, 6.45) is 6.48. The molecule has 0 atom stereocenters. The Morgan fingerprint density at radius 1 is 1.37 bits per heavy atom. The lowest BCUT2D eigenvalue weighted by atomic mass is 10.2. The maximum absolute atomic E-state index is 12.3. The lowest BCUT2D eigenvalue weighted by Gasteiger charge is -2.16. The number of nitrogens with two attached hydrogens (primary N) is 1. The molecule has 2 heterocycles. The first kappa shape index (κ1) is 13.7. The van der Waals surface area contributed by atoms with Crippen molar-refractivity contribution in [3.05, 3.63) is 17.3 Å². The molecule has 0 saturated heterocycles. The Bertz CT molecular complexity index is 581. The van der Waals surface area contributed by atoms with Crippen LogP contribution in [0.5, 0.6) is 0 Å². The maximum atomic E-state index is 12.3. The highest BCUT2D eigenvalue weighted by molar-refractivity contribution is 7.21. The van der Waals surface area contributed by atoms with Crippen molar-refractivity contribution in [1.82, 2.24) is 14.9 Å². The average Bonchev–Trinajstić information content (AvgIpc) is 2.76. The first-order valence-corrected chi connectivity index (χ1v) is 7.21. The molecule has 0 aliphatic carbocycles. The van der Waals surface area contributed by atoms with E-state index in [1.54, 1.807) is 17.3 Å². The number of carbonyl (C=O) groups excluding carboxylic acids is 1. The van der Waals surface area contributed by atoms with Crippen LogP contribution in [0.25, 0.3) is 10.3 Å². The predicted molar refractivity (Wildman–Crippen MR) is 78.3 cm³/mol. The number of hydrogen-bond donors (Lipinski definition) is 1. The summed E-state index contributed by atoms with van der Waals surface area (Å²) < 4.78 is 0. The highest BCUT2D eigenvalue weighted by atomic mass is 32.1. The number of nitrogen functional groups attached to an aromatic ring is 1. The molecule has 2 aromatic heterocycles. The number of unbranched alkanes of at least 4 members (excludes halogenated alkanes) is 2. The van der Waals surface area contributed by atoms with Crippen LogP contribution in [0.15, 0.2) is 12.4 Å². The summed E-state index contributed by atoms with van der Waals surface area (Å²) in [6.45, 7) is 2.89. The fourth-order valence-electron chi connectivity index (χ4n) is 1.88. The molecule has 19 heavy (non-hydrogen) atoms. The highest BCUT2D eigenvalue weighted by Gasteiger charge is 2.20. The third-order valence-corrected chi connectivity index (χ3v) is 4.09. The number of nitrogens with zero attached hydrogens (tertiary/aromatic N) is 3. The van der Waals surface area contributed by atoms with Crippen LogP contribution in [0.2, 0.25) is 0 Å². The first-order valence-electron chi connectivity index (χ1n) is 6.39. The van der Waals surface area contributed by atoms with Crippen LogP contribution < -0.4 is 5.73 Å². The van der Waals surface area contributed by atoms with Gasteiger partial charge in [0.25, 0.3) is 5.91 Å². The molecule has 0 fully saturated rings. The van der Waals surface area contributed by atoms with Gasteiger partial charge in [0.15, 0.2) is 0 Å². The van der Waals surface area contributed by atoms with Gasteiger partial charge in [0.2, 0.25) is 0 Å². The fourth-order valence-corrected chi connectivity index (χ4v) is 2.89. The monoisotopic (exact) mass is 278 g/mol. The minimum Gasteiger partial charge on any atom is -0.396 e. The van der Waals surface area contributed by atoms with Gasteiger partial charge in [-0.25, -0.2) is 9.97 Å². The number of amides is 1. The average molecular weight is 278 g/mol. The van der Waals surface area contributed by atoms with Crippen molar-refractivity contribution in [3.8, 4) is 0 Å². The van der Waals surface area contributed by atoms with E-state index < -0.39 is 0 Å². The highest BCUT2D eigenvalue weighted by Crippen LogP contribution is 2.31. The van der Waals surface area contributed by atoms with E-state index in [0.29, 0.717) is 20.9 Å². The minimum absolute atomic E-state index is 0.0431. The number of carbonyl (C=O) groups is 1. The number of rotatable bonds is 5. The lowest BCUT2D eigenvalue weighted by molar-refractivity contribution is 0.0798. The number of fused-ring (bicyclic) bond motifs is 1. The van der Waals surface area contributed by atoms with Gasteiger partial charge >= 0.3 is 0 Å². The fraction of sp³-hybridized carbons (Fsp3) is 0.462. The largest absolute Gasteiger partial charge is 0.396 e. The second-order valence-electron chi connectivity index (χ2n) is 4.49. The van der Waals surface area contributed by atoms with Gasteiger partial charge in [-0.15, -0.1) is 11.3 Å². The normalized spacial score (nSPS) is 10.8. The Morgan fingerprint density at radius 2 is 2.11 bits per heavy atom. The number of anilines is 1. The van der Waals surface area contributed by atoms with Gasteiger partial charge in [0, 0.05) is 26.0 Å². The molecule has 0 aliphatic heterocycles. The van der Waals surface area contributed by atoms with Gasteiger partial charge in [0.05, 0.1) is 5.69 Å². The van der Waals surface area contributed by atoms with Gasteiger partial charge in [-0.2, -0.15) is 0 Å². The van der Waals surface area contributed by atoms with E-state index in [1.165, 1.54) is 11.3 Å². The predicted octanol–water partition coefficient (Wildman–Crippen LogP) is 2.54. The molecule has 0 aromatic carbocycles. The molecule has 6 heteroatoms. The molecule has 1 amide bonds. The molecule has 5 nitrogen and oxygen atoms in total. The van der Waals surface area contributed by atoms with Crippen LogP contribution in [0.1, 0.15) is 35.9 Å². The van der Waals surface area contributed by atoms with Gasteiger partial charge in [-0.1, -0.05) is 19.8 Å². The maximum Gasteiger partial charge on any atom is 0.265 e. The van der Waals surface area contributed by atoms with Crippen LogP contribution in [0, 0.1) is 0 Å². The molecule has 0 bridgehead atoms. The van der Waals surface area contributed by atoms with Crippen molar-refractivity contribution in [3.63, 3.8) is 0 Å². The molecule has 0 aliphatic rings. The Morgan fingerprint density at radius 3 is 2.79 bits per heavy atom. The van der Waals surface area contributed by atoms with E-state index in [-0.39, 0.29) is 5.91 Å². The van der Waals surface area contributed by atoms with Gasteiger partial charge in [-0.05, 0) is 6.42 Å². The summed E-state index contributed by atoms with van der Waals surface area (Å²) in [4.78, 5) is 23.7. The smallest absolute Gasteiger partial charge is 0.265 e. The zero-order valence-electron chi connectivity index (χ0n) is 11.2. The molecule has 2 N–H and O–H groups in total. The summed E-state index contributed by atoms with van der Waals surface area (Å²) in [5, 5.41) is 0. The van der Waals surface area contributed by atoms with Crippen LogP contribution >= 0.6 is 11.3 Å². The van der Waals surface area contributed by atoms with Crippen molar-refractivity contribution < 1.29 is 4.79 Å². The van der Waals surface area contributed by atoms with Crippen LogP contribution in [-0.4, -0.2) is 34.4 Å². The topological polar surface area (TPSA) is 72.1 Å². The molecule has 2 aromatic rings. The molecular formula is C13H18N4OS. The van der Waals surface area contributed by atoms with Crippen molar-refractivity contribution in [2.75, 3.05) is 19.3 Å². The van der Waals surface area contributed by atoms with Gasteiger partial charge < -0.3 is 10.6 Å². The molecule has 0 unspecified atom stereocenters. The van der Waals surface area contributed by atoms with E-state index in [2.05, 4.69) is 16.9 Å². The van der Waals surface area contributed by atoms with Crippen molar-refractivity contribution in [1.29, 1.82) is 0 Å². The van der Waals surface area contributed by atoms with Gasteiger partial charge in [0.1, 0.15) is 15.2 Å². The number of thiophene rings is 1.